The number of hydrogen-bond acceptors (Lipinski definition) is 2. The Kier molecular flexibility index (Phi) is 3.11. The van der Waals surface area contributed by atoms with Gasteiger partial charge < -0.3 is 4.90 Å². The molecule has 3 heteroatoms. The number of allylic oxidation sites excluding steroid dienone is 1. The molecular formula is C14H21NO2. The third-order valence-electron chi connectivity index (χ3n) is 4.21. The number of likely N-dealkylation sites (tertiary alicyclic amines) is 1. The monoisotopic (exact) mass is 235 g/mol. The van der Waals surface area contributed by atoms with Crippen LogP contribution in [0.1, 0.15) is 33.1 Å². The maximum Gasteiger partial charge on any atom is 0.233 e. The lowest BCUT2D eigenvalue weighted by Gasteiger charge is -2.25. The number of Topliss-reactive ketones (excluding diaryl/α,β-unsaturated/α-hetero) is 1. The van der Waals surface area contributed by atoms with E-state index in [9.17, 15) is 9.59 Å². The number of hydrogen-bond donors (Lipinski definition) is 0. The van der Waals surface area contributed by atoms with Gasteiger partial charge in [-0.2, -0.15) is 0 Å². The van der Waals surface area contributed by atoms with Gasteiger partial charge in [0.05, 0.1) is 0 Å². The first kappa shape index (κ1) is 12.3. The fraction of sp³-hybridized carbons (Fsp3) is 0.714. The molecule has 0 aromatic heterocycles. The van der Waals surface area contributed by atoms with Gasteiger partial charge in [-0.25, -0.2) is 0 Å². The van der Waals surface area contributed by atoms with E-state index in [4.69, 9.17) is 0 Å². The third-order valence-corrected chi connectivity index (χ3v) is 4.21. The molecule has 0 spiro atoms. The molecule has 17 heavy (non-hydrogen) atoms. The van der Waals surface area contributed by atoms with E-state index in [2.05, 4.69) is 20.4 Å². The number of amides is 1. The van der Waals surface area contributed by atoms with Crippen molar-refractivity contribution in [1.82, 2.24) is 4.90 Å². The van der Waals surface area contributed by atoms with Crippen molar-refractivity contribution in [2.45, 2.75) is 33.1 Å². The van der Waals surface area contributed by atoms with E-state index in [1.165, 1.54) is 0 Å². The van der Waals surface area contributed by atoms with Gasteiger partial charge in [0.1, 0.15) is 11.7 Å². The highest BCUT2D eigenvalue weighted by atomic mass is 16.2. The minimum Gasteiger partial charge on any atom is -0.342 e. The molecule has 1 aliphatic heterocycles. The zero-order valence-corrected chi connectivity index (χ0v) is 10.7. The van der Waals surface area contributed by atoms with Crippen LogP contribution in [0, 0.1) is 17.3 Å². The van der Waals surface area contributed by atoms with E-state index in [1.54, 1.807) is 0 Å². The molecule has 1 saturated heterocycles. The fourth-order valence-electron chi connectivity index (χ4n) is 3.18. The van der Waals surface area contributed by atoms with E-state index < -0.39 is 0 Å². The molecule has 2 aliphatic rings. The van der Waals surface area contributed by atoms with Crippen molar-refractivity contribution >= 4 is 11.7 Å². The van der Waals surface area contributed by atoms with Crippen LogP contribution in [0.2, 0.25) is 0 Å². The second-order valence-electron chi connectivity index (χ2n) is 5.93. The Morgan fingerprint density at radius 1 is 1.47 bits per heavy atom. The van der Waals surface area contributed by atoms with E-state index in [0.29, 0.717) is 6.42 Å². The van der Waals surface area contributed by atoms with Crippen molar-refractivity contribution in [3.05, 3.63) is 12.7 Å². The highest BCUT2D eigenvalue weighted by Crippen LogP contribution is 2.48. The first-order valence-electron chi connectivity index (χ1n) is 6.40. The molecule has 1 heterocycles. The van der Waals surface area contributed by atoms with E-state index in [1.807, 2.05) is 11.0 Å². The molecule has 2 unspecified atom stereocenters. The second-order valence-corrected chi connectivity index (χ2v) is 5.93. The van der Waals surface area contributed by atoms with Crippen LogP contribution in [0.5, 0.6) is 0 Å². The standard InChI is InChI=1S/C14H21NO2/c1-4-5-6-7-15-9-10-12(13(15)17)11(16)8-14(10,2)3/h4,10,12H,1,5-9H2,2-3H3. The normalized spacial score (nSPS) is 30.8. The summed E-state index contributed by atoms with van der Waals surface area (Å²) in [6.45, 7) is 9.42. The number of carbonyl (C=O) groups excluding carboxylic acids is 2. The second kappa shape index (κ2) is 4.28. The summed E-state index contributed by atoms with van der Waals surface area (Å²) in [5, 5.41) is 0. The van der Waals surface area contributed by atoms with Crippen LogP contribution in [0.4, 0.5) is 0 Å². The van der Waals surface area contributed by atoms with E-state index in [0.717, 1.165) is 25.9 Å². The molecule has 0 radical (unpaired) electrons. The summed E-state index contributed by atoms with van der Waals surface area (Å²) in [5.41, 5.74) is -0.00933. The maximum absolute atomic E-state index is 12.2. The number of unbranched alkanes of at least 4 members (excludes halogenated alkanes) is 1. The predicted octanol–water partition coefficient (Wildman–Crippen LogP) is 2.03. The highest BCUT2D eigenvalue weighted by Gasteiger charge is 2.56. The summed E-state index contributed by atoms with van der Waals surface area (Å²) >= 11 is 0. The molecule has 0 bridgehead atoms. The molecule has 2 rings (SSSR count). The van der Waals surface area contributed by atoms with Gasteiger partial charge in [-0.3, -0.25) is 9.59 Å². The molecule has 1 amide bonds. The largest absolute Gasteiger partial charge is 0.342 e. The quantitative estimate of drug-likeness (QED) is 0.425. The molecule has 1 saturated carbocycles. The van der Waals surface area contributed by atoms with Gasteiger partial charge in [0, 0.05) is 25.4 Å². The van der Waals surface area contributed by atoms with E-state index >= 15 is 0 Å². The first-order chi connectivity index (χ1) is 7.97. The molecule has 3 nitrogen and oxygen atoms in total. The highest BCUT2D eigenvalue weighted by molar-refractivity contribution is 6.05. The lowest BCUT2D eigenvalue weighted by molar-refractivity contribution is -0.136. The van der Waals surface area contributed by atoms with Crippen molar-refractivity contribution in [2.24, 2.45) is 17.3 Å². The Morgan fingerprint density at radius 3 is 2.76 bits per heavy atom. The molecule has 2 fully saturated rings. The smallest absolute Gasteiger partial charge is 0.233 e. The van der Waals surface area contributed by atoms with Crippen LogP contribution in [-0.4, -0.2) is 29.7 Å². The SMILES string of the molecule is C=CCCCN1CC2C(C(=O)CC2(C)C)C1=O. The van der Waals surface area contributed by atoms with Crippen molar-refractivity contribution in [3.63, 3.8) is 0 Å². The summed E-state index contributed by atoms with van der Waals surface area (Å²) in [6, 6.07) is 0. The van der Waals surface area contributed by atoms with Gasteiger partial charge in [-0.15, -0.1) is 6.58 Å². The lowest BCUT2D eigenvalue weighted by atomic mass is 9.80. The number of ketones is 1. The molecule has 1 aliphatic carbocycles. The summed E-state index contributed by atoms with van der Waals surface area (Å²) in [7, 11) is 0. The topological polar surface area (TPSA) is 37.4 Å². The minimum absolute atomic E-state index is 0.00933. The Balaban J connectivity index is 2.05. The fourth-order valence-corrected chi connectivity index (χ4v) is 3.18. The van der Waals surface area contributed by atoms with Crippen molar-refractivity contribution in [3.8, 4) is 0 Å². The number of rotatable bonds is 4. The minimum atomic E-state index is -0.339. The van der Waals surface area contributed by atoms with Crippen LogP contribution < -0.4 is 0 Å². The van der Waals surface area contributed by atoms with Crippen LogP contribution in [0.15, 0.2) is 12.7 Å². The predicted molar refractivity (Wildman–Crippen MR) is 66.4 cm³/mol. The summed E-state index contributed by atoms with van der Waals surface area (Å²) < 4.78 is 0. The lowest BCUT2D eigenvalue weighted by Crippen LogP contribution is -2.31. The van der Waals surface area contributed by atoms with Crippen molar-refractivity contribution in [1.29, 1.82) is 0 Å². The molecule has 0 aromatic rings. The molecular weight excluding hydrogens is 214 g/mol. The average Bonchev–Trinajstić information content (AvgIpc) is 2.67. The third kappa shape index (κ3) is 2.03. The number of carbonyl (C=O) groups is 2. The van der Waals surface area contributed by atoms with Gasteiger partial charge in [0.15, 0.2) is 0 Å². The van der Waals surface area contributed by atoms with Crippen molar-refractivity contribution < 1.29 is 9.59 Å². The summed E-state index contributed by atoms with van der Waals surface area (Å²) in [5.74, 6) is 0.103. The summed E-state index contributed by atoms with van der Waals surface area (Å²) in [6.07, 6.45) is 4.31. The number of nitrogens with zero attached hydrogens (tertiary/aromatic N) is 1. The van der Waals surface area contributed by atoms with Gasteiger partial charge in [-0.05, 0) is 18.3 Å². The van der Waals surface area contributed by atoms with Crippen LogP contribution in [0.3, 0.4) is 0 Å². The van der Waals surface area contributed by atoms with Crippen LogP contribution >= 0.6 is 0 Å². The van der Waals surface area contributed by atoms with Gasteiger partial charge in [-0.1, -0.05) is 19.9 Å². The maximum atomic E-state index is 12.2. The summed E-state index contributed by atoms with van der Waals surface area (Å²) in [4.78, 5) is 25.9. The zero-order valence-electron chi connectivity index (χ0n) is 10.7. The Labute approximate surface area is 103 Å². The average molecular weight is 235 g/mol. The Morgan fingerprint density at radius 2 is 2.18 bits per heavy atom. The number of fused-ring (bicyclic) bond motifs is 1. The van der Waals surface area contributed by atoms with Crippen LogP contribution in [0.25, 0.3) is 0 Å². The molecule has 94 valence electrons. The first-order valence-corrected chi connectivity index (χ1v) is 6.40. The van der Waals surface area contributed by atoms with Crippen LogP contribution in [-0.2, 0) is 9.59 Å². The molecule has 2 atom stereocenters. The van der Waals surface area contributed by atoms with Gasteiger partial charge in [0.2, 0.25) is 5.91 Å². The Bertz CT molecular complexity index is 359. The molecule has 0 aromatic carbocycles. The van der Waals surface area contributed by atoms with Crippen molar-refractivity contribution in [2.75, 3.05) is 13.1 Å². The van der Waals surface area contributed by atoms with E-state index in [-0.39, 0.29) is 28.9 Å². The molecule has 0 N–H and O–H groups in total. The Hall–Kier alpha value is -1.12. The zero-order chi connectivity index (χ0) is 12.6. The van der Waals surface area contributed by atoms with Gasteiger partial charge in [0.25, 0.3) is 0 Å². The van der Waals surface area contributed by atoms with Gasteiger partial charge >= 0.3 is 0 Å².